The number of thiophene rings is 1. The molecule has 1 N–H and O–H groups in total. The van der Waals surface area contributed by atoms with E-state index in [1.807, 2.05) is 17.5 Å². The molecule has 0 aliphatic carbocycles. The van der Waals surface area contributed by atoms with E-state index in [1.54, 1.807) is 18.2 Å². The minimum Gasteiger partial charge on any atom is -0.478 e. The average molecular weight is 350 g/mol. The van der Waals surface area contributed by atoms with Gasteiger partial charge in [-0.05, 0) is 53.9 Å². The lowest BCUT2D eigenvalue weighted by Gasteiger charge is -2.09. The third-order valence-corrected chi connectivity index (χ3v) is 4.66. The van der Waals surface area contributed by atoms with E-state index in [4.69, 9.17) is 0 Å². The Morgan fingerprint density at radius 3 is 2.40 bits per heavy atom. The van der Waals surface area contributed by atoms with E-state index < -0.39 is 5.97 Å². The molecule has 4 rings (SSSR count). The third-order valence-electron chi connectivity index (χ3n) is 3.78. The van der Waals surface area contributed by atoms with Gasteiger partial charge in [-0.1, -0.05) is 6.07 Å². The number of carboxylic acids is 1. The van der Waals surface area contributed by atoms with E-state index in [1.165, 1.54) is 35.6 Å². The highest BCUT2D eigenvalue weighted by Gasteiger charge is 2.15. The van der Waals surface area contributed by atoms with Crippen LogP contribution in [0.15, 0.2) is 60.0 Å². The molecule has 0 spiro atoms. The van der Waals surface area contributed by atoms with Crippen LogP contribution in [0.3, 0.4) is 0 Å². The summed E-state index contributed by atoms with van der Waals surface area (Å²) in [7, 11) is 0. The second kappa shape index (κ2) is 6.07. The molecule has 0 aliphatic heterocycles. The number of aromatic nitrogens is 2. The lowest BCUT2D eigenvalue weighted by Crippen LogP contribution is -1.99. The molecule has 0 fully saturated rings. The Morgan fingerprint density at radius 2 is 1.72 bits per heavy atom. The summed E-state index contributed by atoms with van der Waals surface area (Å²) < 4.78 is 13.3. The third kappa shape index (κ3) is 2.88. The highest BCUT2D eigenvalue weighted by Crippen LogP contribution is 2.33. The molecule has 0 saturated carbocycles. The Balaban J connectivity index is 2.00. The molecule has 0 saturated heterocycles. The summed E-state index contributed by atoms with van der Waals surface area (Å²) in [6, 6.07) is 14.6. The second-order valence-electron chi connectivity index (χ2n) is 5.41. The zero-order valence-corrected chi connectivity index (χ0v) is 13.6. The Kier molecular flexibility index (Phi) is 3.74. The number of hydrogen-bond acceptors (Lipinski definition) is 4. The number of carboxylic acid groups (broad SMARTS) is 1. The summed E-state index contributed by atoms with van der Waals surface area (Å²) >= 11 is 1.51. The number of nitrogens with zero attached hydrogens (tertiary/aromatic N) is 2. The van der Waals surface area contributed by atoms with E-state index in [0.29, 0.717) is 22.4 Å². The zero-order valence-electron chi connectivity index (χ0n) is 12.8. The first-order valence-electron chi connectivity index (χ1n) is 7.47. The van der Waals surface area contributed by atoms with E-state index in [9.17, 15) is 14.3 Å². The van der Waals surface area contributed by atoms with Crippen LogP contribution < -0.4 is 0 Å². The van der Waals surface area contributed by atoms with Gasteiger partial charge in [0.15, 0.2) is 0 Å². The second-order valence-corrected chi connectivity index (χ2v) is 6.36. The fourth-order valence-electron chi connectivity index (χ4n) is 2.58. The predicted molar refractivity (Wildman–Crippen MR) is 95.2 cm³/mol. The van der Waals surface area contributed by atoms with E-state index >= 15 is 0 Å². The lowest BCUT2D eigenvalue weighted by molar-refractivity contribution is 0.0697. The molecule has 0 radical (unpaired) electrons. The van der Waals surface area contributed by atoms with Gasteiger partial charge in [0.05, 0.1) is 27.2 Å². The smallest absolute Gasteiger partial charge is 0.335 e. The van der Waals surface area contributed by atoms with Gasteiger partial charge in [-0.15, -0.1) is 11.3 Å². The number of aromatic carboxylic acids is 1. The zero-order chi connectivity index (χ0) is 17.4. The van der Waals surface area contributed by atoms with Crippen LogP contribution in [0.5, 0.6) is 0 Å². The summed E-state index contributed by atoms with van der Waals surface area (Å²) in [5.41, 5.74) is 3.29. The Morgan fingerprint density at radius 1 is 0.960 bits per heavy atom. The molecule has 4 nitrogen and oxygen atoms in total. The van der Waals surface area contributed by atoms with Crippen molar-refractivity contribution in [3.8, 4) is 21.8 Å². The molecule has 122 valence electrons. The Bertz CT molecular complexity index is 1080. The molecular weight excluding hydrogens is 339 g/mol. The SMILES string of the molecule is O=C(O)c1ccc2nc(-c3ccc(F)cc3)c(-c3cccs3)nc2c1. The number of fused-ring (bicyclic) bond motifs is 1. The number of halogens is 1. The molecule has 0 unspecified atom stereocenters. The quantitative estimate of drug-likeness (QED) is 0.573. The van der Waals surface area contributed by atoms with Crippen molar-refractivity contribution in [3.05, 3.63) is 71.4 Å². The summed E-state index contributed by atoms with van der Waals surface area (Å²) in [4.78, 5) is 21.4. The monoisotopic (exact) mass is 350 g/mol. The van der Waals surface area contributed by atoms with E-state index in [0.717, 1.165) is 10.4 Å². The van der Waals surface area contributed by atoms with Crippen molar-refractivity contribution < 1.29 is 14.3 Å². The van der Waals surface area contributed by atoms with Crippen LogP contribution in [0, 0.1) is 5.82 Å². The van der Waals surface area contributed by atoms with Crippen molar-refractivity contribution in [1.82, 2.24) is 9.97 Å². The van der Waals surface area contributed by atoms with Crippen LogP contribution >= 0.6 is 11.3 Å². The van der Waals surface area contributed by atoms with Crippen molar-refractivity contribution in [1.29, 1.82) is 0 Å². The van der Waals surface area contributed by atoms with Crippen LogP contribution in [-0.2, 0) is 0 Å². The predicted octanol–water partition coefficient (Wildman–Crippen LogP) is 4.86. The lowest BCUT2D eigenvalue weighted by atomic mass is 10.1. The minimum absolute atomic E-state index is 0.161. The summed E-state index contributed by atoms with van der Waals surface area (Å²) in [5.74, 6) is -1.33. The van der Waals surface area contributed by atoms with Gasteiger partial charge in [0.1, 0.15) is 11.5 Å². The van der Waals surface area contributed by atoms with Crippen molar-refractivity contribution in [2.45, 2.75) is 0 Å². The van der Waals surface area contributed by atoms with Gasteiger partial charge in [-0.3, -0.25) is 0 Å². The normalized spacial score (nSPS) is 10.9. The molecule has 0 bridgehead atoms. The van der Waals surface area contributed by atoms with Crippen LogP contribution in [0.2, 0.25) is 0 Å². The van der Waals surface area contributed by atoms with Crippen LogP contribution in [0.4, 0.5) is 4.39 Å². The van der Waals surface area contributed by atoms with Crippen molar-refractivity contribution >= 4 is 28.3 Å². The summed E-state index contributed by atoms with van der Waals surface area (Å²) in [6.07, 6.45) is 0. The largest absolute Gasteiger partial charge is 0.478 e. The summed E-state index contributed by atoms with van der Waals surface area (Å²) in [5, 5.41) is 11.1. The number of carbonyl (C=O) groups is 1. The summed E-state index contributed by atoms with van der Waals surface area (Å²) in [6.45, 7) is 0. The molecule has 0 aliphatic rings. The van der Waals surface area contributed by atoms with Gasteiger partial charge in [0.25, 0.3) is 0 Å². The highest BCUT2D eigenvalue weighted by molar-refractivity contribution is 7.13. The topological polar surface area (TPSA) is 63.1 Å². The maximum absolute atomic E-state index is 13.3. The molecule has 4 aromatic rings. The molecule has 2 heterocycles. The fraction of sp³-hybridized carbons (Fsp3) is 0. The molecule has 2 aromatic heterocycles. The Hall–Kier alpha value is -3.12. The standard InChI is InChI=1S/C19H11FN2O2S/c20-13-6-3-11(4-7-13)17-18(16-2-1-9-25-16)22-15-10-12(19(23)24)5-8-14(15)21-17/h1-10H,(H,23,24). The molecule has 2 aromatic carbocycles. The van der Waals surface area contributed by atoms with E-state index in [2.05, 4.69) is 9.97 Å². The Labute approximate surface area is 146 Å². The van der Waals surface area contributed by atoms with Gasteiger partial charge in [0.2, 0.25) is 0 Å². The van der Waals surface area contributed by atoms with Crippen LogP contribution in [0.1, 0.15) is 10.4 Å². The molecule has 0 atom stereocenters. The fourth-order valence-corrected chi connectivity index (χ4v) is 3.30. The van der Waals surface area contributed by atoms with Crippen LogP contribution in [0.25, 0.3) is 32.9 Å². The van der Waals surface area contributed by atoms with Gasteiger partial charge in [-0.2, -0.15) is 0 Å². The molecule has 6 heteroatoms. The first-order chi connectivity index (χ1) is 12.1. The highest BCUT2D eigenvalue weighted by atomic mass is 32.1. The number of benzene rings is 2. The van der Waals surface area contributed by atoms with Crippen molar-refractivity contribution in [2.75, 3.05) is 0 Å². The number of hydrogen-bond donors (Lipinski definition) is 1. The van der Waals surface area contributed by atoms with Gasteiger partial charge in [0, 0.05) is 5.56 Å². The van der Waals surface area contributed by atoms with Gasteiger partial charge < -0.3 is 5.11 Å². The first-order valence-corrected chi connectivity index (χ1v) is 8.35. The maximum Gasteiger partial charge on any atom is 0.335 e. The molecule has 25 heavy (non-hydrogen) atoms. The molecular formula is C19H11FN2O2S. The molecule has 0 amide bonds. The maximum atomic E-state index is 13.3. The number of rotatable bonds is 3. The van der Waals surface area contributed by atoms with Crippen molar-refractivity contribution in [2.24, 2.45) is 0 Å². The first kappa shape index (κ1) is 15.4. The minimum atomic E-state index is -1.01. The van der Waals surface area contributed by atoms with Crippen molar-refractivity contribution in [3.63, 3.8) is 0 Å². The van der Waals surface area contributed by atoms with E-state index in [-0.39, 0.29) is 11.4 Å². The van der Waals surface area contributed by atoms with Gasteiger partial charge >= 0.3 is 5.97 Å². The van der Waals surface area contributed by atoms with Crippen LogP contribution in [-0.4, -0.2) is 21.0 Å². The van der Waals surface area contributed by atoms with Gasteiger partial charge in [-0.25, -0.2) is 19.2 Å². The average Bonchev–Trinajstić information content (AvgIpc) is 3.15.